The fraction of sp³-hybridized carbons (Fsp3) is 0.286. The van der Waals surface area contributed by atoms with Crippen molar-refractivity contribution in [3.63, 3.8) is 0 Å². The molecule has 18 heavy (non-hydrogen) atoms. The van der Waals surface area contributed by atoms with Crippen LogP contribution in [0.25, 0.3) is 0 Å². The maximum absolute atomic E-state index is 6.13. The molecule has 2 unspecified atom stereocenters. The zero-order valence-corrected chi connectivity index (χ0v) is 13.0. The van der Waals surface area contributed by atoms with Crippen molar-refractivity contribution in [2.24, 2.45) is 0 Å². The zero-order valence-electron chi connectivity index (χ0n) is 9.82. The summed E-state index contributed by atoms with van der Waals surface area (Å²) < 4.78 is 6.85. The number of benzene rings is 1. The van der Waals surface area contributed by atoms with Crippen LogP contribution in [0.1, 0.15) is 20.8 Å². The second-order valence-electron chi connectivity index (χ2n) is 4.48. The van der Waals surface area contributed by atoms with Crippen LogP contribution >= 0.6 is 38.9 Å². The van der Waals surface area contributed by atoms with Crippen molar-refractivity contribution >= 4 is 38.9 Å². The first-order valence-corrected chi connectivity index (χ1v) is 7.90. The molecule has 3 rings (SSSR count). The highest BCUT2D eigenvalue weighted by atomic mass is 79.9. The zero-order chi connectivity index (χ0) is 12.7. The van der Waals surface area contributed by atoms with E-state index >= 15 is 0 Å². The van der Waals surface area contributed by atoms with Gasteiger partial charge in [0.05, 0.1) is 9.16 Å². The minimum atomic E-state index is 0.150. The summed E-state index contributed by atoms with van der Waals surface area (Å²) >= 11 is 11.5. The van der Waals surface area contributed by atoms with Crippen LogP contribution in [0.3, 0.4) is 0 Å². The fourth-order valence-electron chi connectivity index (χ4n) is 2.17. The molecule has 4 heteroatoms. The summed E-state index contributed by atoms with van der Waals surface area (Å²) in [6, 6.07) is 10.4. The second kappa shape index (κ2) is 4.87. The Morgan fingerprint density at radius 3 is 2.89 bits per heavy atom. The van der Waals surface area contributed by atoms with Gasteiger partial charge in [-0.1, -0.05) is 45.7 Å². The van der Waals surface area contributed by atoms with Crippen molar-refractivity contribution in [3.05, 3.63) is 50.7 Å². The van der Waals surface area contributed by atoms with Crippen LogP contribution in [0, 0.1) is 6.92 Å². The van der Waals surface area contributed by atoms with Crippen molar-refractivity contribution in [1.82, 2.24) is 0 Å². The first kappa shape index (κ1) is 12.5. The molecule has 1 aromatic heterocycles. The molecule has 1 aromatic carbocycles. The highest BCUT2D eigenvalue weighted by molar-refractivity contribution is 9.09. The van der Waals surface area contributed by atoms with Gasteiger partial charge in [0.2, 0.25) is 0 Å². The lowest BCUT2D eigenvalue weighted by molar-refractivity contribution is 0.233. The Morgan fingerprint density at radius 1 is 1.44 bits per heavy atom. The molecule has 0 fully saturated rings. The van der Waals surface area contributed by atoms with E-state index < -0.39 is 0 Å². The van der Waals surface area contributed by atoms with Crippen LogP contribution in [-0.4, -0.2) is 6.10 Å². The standard InChI is InChI=1S/C14H12BrClOS/c1-8-6-12(18-14(8)16)13(15)11-7-9-4-2-3-5-10(9)17-11/h2-6,11,13H,7H2,1H3. The van der Waals surface area contributed by atoms with Gasteiger partial charge in [-0.15, -0.1) is 11.3 Å². The molecule has 0 saturated carbocycles. The number of ether oxygens (including phenoxy) is 1. The van der Waals surface area contributed by atoms with Crippen LogP contribution < -0.4 is 4.74 Å². The fourth-order valence-corrected chi connectivity index (χ4v) is 4.13. The Morgan fingerprint density at radius 2 is 2.22 bits per heavy atom. The average molecular weight is 344 g/mol. The molecular formula is C14H12BrClOS. The normalized spacial score (nSPS) is 19.4. The molecule has 0 bridgehead atoms. The summed E-state index contributed by atoms with van der Waals surface area (Å²) in [4.78, 5) is 1.43. The van der Waals surface area contributed by atoms with Gasteiger partial charge in [-0.2, -0.15) is 0 Å². The van der Waals surface area contributed by atoms with Gasteiger partial charge in [-0.25, -0.2) is 0 Å². The first-order valence-electron chi connectivity index (χ1n) is 5.79. The number of rotatable bonds is 2. The van der Waals surface area contributed by atoms with Crippen LogP contribution in [0.2, 0.25) is 4.34 Å². The molecule has 0 aliphatic carbocycles. The summed E-state index contributed by atoms with van der Waals surface area (Å²) in [5.74, 6) is 1.01. The van der Waals surface area contributed by atoms with E-state index in [1.807, 2.05) is 19.1 Å². The number of hydrogen-bond acceptors (Lipinski definition) is 2. The van der Waals surface area contributed by atoms with E-state index in [1.165, 1.54) is 10.4 Å². The monoisotopic (exact) mass is 342 g/mol. The molecule has 0 N–H and O–H groups in total. The molecule has 0 radical (unpaired) electrons. The minimum absolute atomic E-state index is 0.150. The molecule has 2 aromatic rings. The predicted octanol–water partition coefficient (Wildman–Crippen LogP) is 5.15. The minimum Gasteiger partial charge on any atom is -0.488 e. The van der Waals surface area contributed by atoms with E-state index in [0.29, 0.717) is 0 Å². The van der Waals surface area contributed by atoms with E-state index in [0.717, 1.165) is 22.1 Å². The Bertz CT molecular complexity index is 536. The van der Waals surface area contributed by atoms with Crippen molar-refractivity contribution in [1.29, 1.82) is 0 Å². The van der Waals surface area contributed by atoms with E-state index in [2.05, 4.69) is 34.1 Å². The molecule has 1 aliphatic rings. The molecule has 1 aliphatic heterocycles. The third kappa shape index (κ3) is 2.20. The maximum Gasteiger partial charge on any atom is 0.123 e. The lowest BCUT2D eigenvalue weighted by Gasteiger charge is -2.16. The Hall–Kier alpha value is -0.510. The summed E-state index contributed by atoms with van der Waals surface area (Å²) in [6.45, 7) is 2.03. The van der Waals surface area contributed by atoms with E-state index in [4.69, 9.17) is 16.3 Å². The summed E-state index contributed by atoms with van der Waals surface area (Å²) in [7, 11) is 0. The van der Waals surface area contributed by atoms with Crippen LogP contribution in [0.15, 0.2) is 30.3 Å². The average Bonchev–Trinajstić information content (AvgIpc) is 2.93. The van der Waals surface area contributed by atoms with Gasteiger partial charge < -0.3 is 4.74 Å². The molecular weight excluding hydrogens is 332 g/mol. The largest absolute Gasteiger partial charge is 0.488 e. The van der Waals surface area contributed by atoms with Crippen molar-refractivity contribution in [3.8, 4) is 5.75 Å². The molecule has 2 atom stereocenters. The lowest BCUT2D eigenvalue weighted by Crippen LogP contribution is -2.18. The molecule has 1 nitrogen and oxygen atoms in total. The number of aryl methyl sites for hydroxylation is 1. The molecule has 94 valence electrons. The number of hydrogen-bond donors (Lipinski definition) is 0. The first-order chi connectivity index (χ1) is 8.65. The van der Waals surface area contributed by atoms with Crippen molar-refractivity contribution < 1.29 is 4.74 Å². The van der Waals surface area contributed by atoms with Gasteiger partial charge in [0.15, 0.2) is 0 Å². The second-order valence-corrected chi connectivity index (χ2v) is 7.15. The van der Waals surface area contributed by atoms with Gasteiger partial charge in [0.25, 0.3) is 0 Å². The number of thiophene rings is 1. The SMILES string of the molecule is Cc1cc(C(Br)C2Cc3ccccc3O2)sc1Cl. The Labute approximate surface area is 124 Å². The van der Waals surface area contributed by atoms with Gasteiger partial charge in [-0.3, -0.25) is 0 Å². The summed E-state index contributed by atoms with van der Waals surface area (Å²) in [5, 5.41) is 0. The molecule has 2 heterocycles. The van der Waals surface area contributed by atoms with Crippen LogP contribution in [0.4, 0.5) is 0 Å². The molecule has 0 amide bonds. The van der Waals surface area contributed by atoms with Gasteiger partial charge in [-0.05, 0) is 30.2 Å². The summed E-state index contributed by atoms with van der Waals surface area (Å²) in [5.41, 5.74) is 2.42. The number of alkyl halides is 1. The van der Waals surface area contributed by atoms with Crippen LogP contribution in [-0.2, 0) is 6.42 Å². The highest BCUT2D eigenvalue weighted by Gasteiger charge is 2.30. The molecule has 0 spiro atoms. The number of para-hydroxylation sites is 1. The smallest absolute Gasteiger partial charge is 0.123 e. The van der Waals surface area contributed by atoms with E-state index in [1.54, 1.807) is 11.3 Å². The van der Waals surface area contributed by atoms with E-state index in [9.17, 15) is 0 Å². The van der Waals surface area contributed by atoms with Gasteiger partial charge >= 0.3 is 0 Å². The highest BCUT2D eigenvalue weighted by Crippen LogP contribution is 2.42. The third-order valence-corrected chi connectivity index (χ3v) is 6.17. The Balaban J connectivity index is 1.82. The predicted molar refractivity (Wildman–Crippen MR) is 80.3 cm³/mol. The summed E-state index contributed by atoms with van der Waals surface area (Å²) in [6.07, 6.45) is 1.09. The Kier molecular flexibility index (Phi) is 3.39. The lowest BCUT2D eigenvalue weighted by atomic mass is 10.1. The number of fused-ring (bicyclic) bond motifs is 1. The number of halogens is 2. The third-order valence-electron chi connectivity index (χ3n) is 3.15. The van der Waals surface area contributed by atoms with Gasteiger partial charge in [0, 0.05) is 11.3 Å². The maximum atomic E-state index is 6.13. The quantitative estimate of drug-likeness (QED) is 0.685. The van der Waals surface area contributed by atoms with E-state index in [-0.39, 0.29) is 10.9 Å². The topological polar surface area (TPSA) is 9.23 Å². The van der Waals surface area contributed by atoms with Gasteiger partial charge in [0.1, 0.15) is 11.9 Å². The molecule has 0 saturated heterocycles. The van der Waals surface area contributed by atoms with Crippen LogP contribution in [0.5, 0.6) is 5.75 Å². The van der Waals surface area contributed by atoms with Crippen molar-refractivity contribution in [2.75, 3.05) is 0 Å². The van der Waals surface area contributed by atoms with Crippen molar-refractivity contribution in [2.45, 2.75) is 24.3 Å².